The third kappa shape index (κ3) is 3.06. The first-order valence-corrected chi connectivity index (χ1v) is 6.64. The number of amides is 1. The van der Waals surface area contributed by atoms with E-state index in [1.165, 1.54) is 6.33 Å². The second-order valence-electron chi connectivity index (χ2n) is 3.87. The van der Waals surface area contributed by atoms with Crippen molar-refractivity contribution < 1.29 is 4.79 Å². The molecule has 0 aliphatic heterocycles. The van der Waals surface area contributed by atoms with Gasteiger partial charge in [0.15, 0.2) is 0 Å². The summed E-state index contributed by atoms with van der Waals surface area (Å²) in [6, 6.07) is 5.72. The Hall–Kier alpha value is -1.44. The summed E-state index contributed by atoms with van der Waals surface area (Å²) in [4.78, 5) is 16.0. The van der Waals surface area contributed by atoms with E-state index in [4.69, 9.17) is 0 Å². The van der Waals surface area contributed by atoms with Crippen LogP contribution in [0.25, 0.3) is 0 Å². The first-order chi connectivity index (χ1) is 8.68. The van der Waals surface area contributed by atoms with Gasteiger partial charge in [-0.1, -0.05) is 12.1 Å². The number of aromatic nitrogens is 3. The number of nitrogens with one attached hydrogen (secondary N) is 2. The lowest BCUT2D eigenvalue weighted by Gasteiger charge is -2.07. The fourth-order valence-corrected chi connectivity index (χ4v) is 2.17. The van der Waals surface area contributed by atoms with E-state index in [2.05, 4.69) is 43.1 Å². The Bertz CT molecular complexity index is 539. The lowest BCUT2D eigenvalue weighted by Crippen LogP contribution is -2.26. The molecule has 0 bridgehead atoms. The zero-order valence-corrected chi connectivity index (χ0v) is 12.1. The molecule has 0 saturated heterocycles. The SMILES string of the molecule is Cc1cccc(C(=O)NCCc2ncn[nH]2)c1I. The molecule has 0 unspecified atom stereocenters. The summed E-state index contributed by atoms with van der Waals surface area (Å²) < 4.78 is 0.993. The van der Waals surface area contributed by atoms with Gasteiger partial charge in [-0.3, -0.25) is 9.89 Å². The minimum Gasteiger partial charge on any atom is -0.352 e. The van der Waals surface area contributed by atoms with Crippen molar-refractivity contribution in [2.45, 2.75) is 13.3 Å². The number of halogens is 1. The molecule has 5 nitrogen and oxygen atoms in total. The average Bonchev–Trinajstić information content (AvgIpc) is 2.85. The first-order valence-electron chi connectivity index (χ1n) is 5.56. The molecule has 1 aromatic heterocycles. The molecule has 1 amide bonds. The van der Waals surface area contributed by atoms with E-state index in [1.807, 2.05) is 25.1 Å². The summed E-state index contributed by atoms with van der Waals surface area (Å²) >= 11 is 2.19. The molecule has 18 heavy (non-hydrogen) atoms. The van der Waals surface area contributed by atoms with Crippen LogP contribution >= 0.6 is 22.6 Å². The molecule has 0 atom stereocenters. The van der Waals surface area contributed by atoms with E-state index >= 15 is 0 Å². The largest absolute Gasteiger partial charge is 0.352 e. The van der Waals surface area contributed by atoms with E-state index < -0.39 is 0 Å². The number of H-pyrrole nitrogens is 1. The highest BCUT2D eigenvalue weighted by molar-refractivity contribution is 14.1. The Labute approximate surface area is 119 Å². The first kappa shape index (κ1) is 13.0. The molecule has 1 heterocycles. The van der Waals surface area contributed by atoms with Gasteiger partial charge < -0.3 is 5.32 Å². The second kappa shape index (κ2) is 5.94. The smallest absolute Gasteiger partial charge is 0.252 e. The molecule has 0 saturated carbocycles. The number of aromatic amines is 1. The zero-order chi connectivity index (χ0) is 13.0. The number of nitrogens with zero attached hydrogens (tertiary/aromatic N) is 2. The summed E-state index contributed by atoms with van der Waals surface area (Å²) in [5.41, 5.74) is 1.83. The van der Waals surface area contributed by atoms with Gasteiger partial charge in [0.1, 0.15) is 12.2 Å². The van der Waals surface area contributed by atoms with E-state index in [0.29, 0.717) is 18.5 Å². The predicted octanol–water partition coefficient (Wildman–Crippen LogP) is 1.69. The maximum atomic E-state index is 12.0. The molecular formula is C12H13IN4O. The van der Waals surface area contributed by atoms with E-state index in [-0.39, 0.29) is 5.91 Å². The zero-order valence-electron chi connectivity index (χ0n) is 9.90. The van der Waals surface area contributed by atoms with Crippen molar-refractivity contribution in [2.24, 2.45) is 0 Å². The number of carbonyl (C=O) groups is 1. The molecule has 0 radical (unpaired) electrons. The molecule has 2 N–H and O–H groups in total. The van der Waals surface area contributed by atoms with Crippen LogP contribution in [0.15, 0.2) is 24.5 Å². The molecule has 0 fully saturated rings. The van der Waals surface area contributed by atoms with Crippen molar-refractivity contribution in [2.75, 3.05) is 6.54 Å². The number of hydrogen-bond acceptors (Lipinski definition) is 3. The Balaban J connectivity index is 1.93. The third-order valence-electron chi connectivity index (χ3n) is 2.55. The van der Waals surface area contributed by atoms with Gasteiger partial charge in [0.2, 0.25) is 0 Å². The van der Waals surface area contributed by atoms with Crippen molar-refractivity contribution in [3.63, 3.8) is 0 Å². The number of benzene rings is 1. The maximum absolute atomic E-state index is 12.0. The van der Waals surface area contributed by atoms with E-state index in [0.717, 1.165) is 15.0 Å². The normalized spacial score (nSPS) is 10.3. The highest BCUT2D eigenvalue weighted by Crippen LogP contribution is 2.16. The fraction of sp³-hybridized carbons (Fsp3) is 0.250. The standard InChI is InChI=1S/C12H13IN4O/c1-8-3-2-4-9(11(8)13)12(18)14-6-5-10-15-7-16-17-10/h2-4,7H,5-6H2,1H3,(H,14,18)(H,15,16,17). The average molecular weight is 356 g/mol. The molecule has 94 valence electrons. The van der Waals surface area contributed by atoms with Gasteiger partial charge in [0.25, 0.3) is 5.91 Å². The Morgan fingerprint density at radius 2 is 2.33 bits per heavy atom. The summed E-state index contributed by atoms with van der Waals surface area (Å²) in [6.45, 7) is 2.53. The van der Waals surface area contributed by atoms with E-state index in [1.54, 1.807) is 0 Å². The van der Waals surface area contributed by atoms with Crippen LogP contribution < -0.4 is 5.32 Å². The van der Waals surface area contributed by atoms with Crippen molar-refractivity contribution in [3.05, 3.63) is 45.0 Å². The lowest BCUT2D eigenvalue weighted by molar-refractivity contribution is 0.0953. The Kier molecular flexibility index (Phi) is 4.29. The van der Waals surface area contributed by atoms with Crippen LogP contribution in [0, 0.1) is 10.5 Å². The molecule has 0 aliphatic carbocycles. The maximum Gasteiger partial charge on any atom is 0.252 e. The van der Waals surface area contributed by atoms with Gasteiger partial charge in [-0.2, -0.15) is 5.10 Å². The minimum absolute atomic E-state index is 0.0531. The number of hydrogen-bond donors (Lipinski definition) is 2. The molecule has 2 aromatic rings. The highest BCUT2D eigenvalue weighted by atomic mass is 127. The van der Waals surface area contributed by atoms with Crippen molar-refractivity contribution in [1.82, 2.24) is 20.5 Å². The number of carbonyl (C=O) groups excluding carboxylic acids is 1. The van der Waals surface area contributed by atoms with Gasteiger partial charge in [0, 0.05) is 16.5 Å². The molecule has 6 heteroatoms. The number of aryl methyl sites for hydroxylation is 1. The van der Waals surface area contributed by atoms with Gasteiger partial charge >= 0.3 is 0 Å². The summed E-state index contributed by atoms with van der Waals surface area (Å²) in [7, 11) is 0. The topological polar surface area (TPSA) is 70.7 Å². The third-order valence-corrected chi connectivity index (χ3v) is 3.98. The Morgan fingerprint density at radius 3 is 3.06 bits per heavy atom. The fourth-order valence-electron chi connectivity index (χ4n) is 1.56. The summed E-state index contributed by atoms with van der Waals surface area (Å²) in [6.07, 6.45) is 2.11. The number of rotatable bonds is 4. The van der Waals surface area contributed by atoms with Crippen LogP contribution in [-0.2, 0) is 6.42 Å². The van der Waals surface area contributed by atoms with Crippen LogP contribution in [0.1, 0.15) is 21.7 Å². The minimum atomic E-state index is -0.0531. The molecule has 2 rings (SSSR count). The van der Waals surface area contributed by atoms with Gasteiger partial charge in [-0.15, -0.1) is 0 Å². The van der Waals surface area contributed by atoms with Gasteiger partial charge in [-0.05, 0) is 41.1 Å². The van der Waals surface area contributed by atoms with Crippen molar-refractivity contribution >= 4 is 28.5 Å². The molecule has 0 spiro atoms. The Morgan fingerprint density at radius 1 is 1.50 bits per heavy atom. The summed E-state index contributed by atoms with van der Waals surface area (Å²) in [5.74, 6) is 0.719. The summed E-state index contributed by atoms with van der Waals surface area (Å²) in [5, 5.41) is 9.38. The molecular weight excluding hydrogens is 343 g/mol. The van der Waals surface area contributed by atoms with Gasteiger partial charge in [-0.25, -0.2) is 4.98 Å². The second-order valence-corrected chi connectivity index (χ2v) is 4.95. The molecule has 1 aromatic carbocycles. The van der Waals surface area contributed by atoms with Crippen LogP contribution in [0.5, 0.6) is 0 Å². The quantitative estimate of drug-likeness (QED) is 0.820. The van der Waals surface area contributed by atoms with Crippen LogP contribution in [-0.4, -0.2) is 27.6 Å². The van der Waals surface area contributed by atoms with Crippen LogP contribution in [0.3, 0.4) is 0 Å². The van der Waals surface area contributed by atoms with Crippen LogP contribution in [0.4, 0.5) is 0 Å². The molecule has 0 aliphatic rings. The van der Waals surface area contributed by atoms with Gasteiger partial charge in [0.05, 0.1) is 5.56 Å². The highest BCUT2D eigenvalue weighted by Gasteiger charge is 2.10. The monoisotopic (exact) mass is 356 g/mol. The van der Waals surface area contributed by atoms with Crippen molar-refractivity contribution in [1.29, 1.82) is 0 Å². The van der Waals surface area contributed by atoms with Crippen molar-refractivity contribution in [3.8, 4) is 0 Å². The lowest BCUT2D eigenvalue weighted by atomic mass is 10.1. The predicted molar refractivity (Wildman–Crippen MR) is 76.3 cm³/mol. The van der Waals surface area contributed by atoms with Crippen LogP contribution in [0.2, 0.25) is 0 Å². The van der Waals surface area contributed by atoms with E-state index in [9.17, 15) is 4.79 Å².